The molecule has 0 atom stereocenters. The van der Waals surface area contributed by atoms with Crippen LogP contribution in [-0.2, 0) is 0 Å². The summed E-state index contributed by atoms with van der Waals surface area (Å²) in [6.07, 6.45) is 0. The molecule has 0 saturated carbocycles. The van der Waals surface area contributed by atoms with Gasteiger partial charge in [0.05, 0.1) is 15.1 Å². The molecule has 0 nitrogen and oxygen atoms in total. The molecular formula is C40H24. The van der Waals surface area contributed by atoms with Crippen molar-refractivity contribution in [1.29, 1.82) is 0 Å². The van der Waals surface area contributed by atoms with Gasteiger partial charge in [-0.15, -0.1) is 0 Å². The highest BCUT2D eigenvalue weighted by molar-refractivity contribution is 6.30. The van der Waals surface area contributed by atoms with Crippen molar-refractivity contribution < 1.29 is 15.1 Å². The summed E-state index contributed by atoms with van der Waals surface area (Å²) in [7, 11) is 0. The minimum Gasteiger partial charge on any atom is -0.0622 e. The van der Waals surface area contributed by atoms with Crippen molar-refractivity contribution in [3.05, 3.63) is 145 Å². The number of hydrogen-bond donors (Lipinski definition) is 0. The summed E-state index contributed by atoms with van der Waals surface area (Å²) in [4.78, 5) is 0. The van der Waals surface area contributed by atoms with Gasteiger partial charge in [-0.3, -0.25) is 0 Å². The lowest BCUT2D eigenvalue weighted by atomic mass is 9.84. The van der Waals surface area contributed by atoms with Crippen LogP contribution in [0.5, 0.6) is 0 Å². The molecule has 0 aliphatic carbocycles. The standard InChI is InChI=1S/C40H24/c1-2-8-25(9-3-1)31-20-16-27-18-22-35-36(23-19-28-17-21-34(31)37(27)38(28)35)40-33-13-7-5-11-29(33)24-30-15-14-26-10-4-6-12-32(26)39(30)40/h1-24H/i4D,5D,6D,7D,10D,11D,12D,13D,14D,15D,24D. The Balaban J connectivity index is 1.59. The van der Waals surface area contributed by atoms with Gasteiger partial charge in [0.15, 0.2) is 0 Å². The highest BCUT2D eigenvalue weighted by Gasteiger charge is 2.18. The van der Waals surface area contributed by atoms with E-state index in [1.165, 1.54) is 0 Å². The Bertz CT molecular complexity index is 3030. The minimum absolute atomic E-state index is 0.00403. The van der Waals surface area contributed by atoms with E-state index in [4.69, 9.17) is 12.3 Å². The van der Waals surface area contributed by atoms with Crippen molar-refractivity contribution >= 4 is 64.6 Å². The third-order valence-corrected chi connectivity index (χ3v) is 7.96. The molecule has 0 radical (unpaired) electrons. The molecule has 0 bridgehead atoms. The summed E-state index contributed by atoms with van der Waals surface area (Å²) in [5, 5.41) is 5.08. The lowest BCUT2D eigenvalue weighted by Crippen LogP contribution is -1.91. The van der Waals surface area contributed by atoms with Crippen molar-refractivity contribution in [3.8, 4) is 22.3 Å². The molecule has 184 valence electrons. The summed E-state index contributed by atoms with van der Waals surface area (Å²) >= 11 is 0. The Morgan fingerprint density at radius 3 is 1.75 bits per heavy atom. The first-order valence-electron chi connectivity index (χ1n) is 18.6. The van der Waals surface area contributed by atoms with Crippen molar-refractivity contribution in [2.75, 3.05) is 0 Å². The molecule has 0 saturated heterocycles. The van der Waals surface area contributed by atoms with E-state index < -0.39 is 66.5 Å². The van der Waals surface area contributed by atoms with Crippen LogP contribution in [0, 0.1) is 0 Å². The van der Waals surface area contributed by atoms with E-state index in [-0.39, 0.29) is 37.9 Å². The summed E-state index contributed by atoms with van der Waals surface area (Å²) < 4.78 is 97.5. The summed E-state index contributed by atoms with van der Waals surface area (Å²) in [6, 6.07) is 20.6. The highest BCUT2D eigenvalue weighted by atomic mass is 14.2. The maximum atomic E-state index is 9.32. The molecular weight excluding hydrogens is 480 g/mol. The van der Waals surface area contributed by atoms with Crippen molar-refractivity contribution in [3.63, 3.8) is 0 Å². The predicted molar refractivity (Wildman–Crippen MR) is 174 cm³/mol. The lowest BCUT2D eigenvalue weighted by Gasteiger charge is -2.19. The van der Waals surface area contributed by atoms with Gasteiger partial charge in [0.2, 0.25) is 0 Å². The van der Waals surface area contributed by atoms with Crippen LogP contribution in [0.4, 0.5) is 0 Å². The van der Waals surface area contributed by atoms with E-state index in [2.05, 4.69) is 30.3 Å². The lowest BCUT2D eigenvalue weighted by molar-refractivity contribution is 1.66. The second kappa shape index (κ2) is 8.15. The van der Waals surface area contributed by atoms with Gasteiger partial charge in [-0.05, 0) is 92.9 Å². The first-order valence-corrected chi connectivity index (χ1v) is 13.1. The molecule has 40 heavy (non-hydrogen) atoms. The molecule has 9 aromatic rings. The number of hydrogen-bond acceptors (Lipinski definition) is 0. The van der Waals surface area contributed by atoms with Crippen molar-refractivity contribution in [2.45, 2.75) is 0 Å². The van der Waals surface area contributed by atoms with Gasteiger partial charge in [0.1, 0.15) is 0 Å². The maximum absolute atomic E-state index is 9.32. The molecule has 0 fully saturated rings. The Morgan fingerprint density at radius 1 is 0.375 bits per heavy atom. The third kappa shape index (κ3) is 2.96. The monoisotopic (exact) mass is 515 g/mol. The van der Waals surface area contributed by atoms with Gasteiger partial charge in [-0.1, -0.05) is 139 Å². The molecule has 0 aliphatic rings. The van der Waals surface area contributed by atoms with Gasteiger partial charge in [0.25, 0.3) is 0 Å². The predicted octanol–water partition coefficient (Wildman–Crippen LogP) is 11.4. The zero-order valence-corrected chi connectivity index (χ0v) is 21.0. The Morgan fingerprint density at radius 2 is 0.975 bits per heavy atom. The number of benzene rings is 9. The maximum Gasteiger partial charge on any atom is 0.0636 e. The number of rotatable bonds is 2. The van der Waals surface area contributed by atoms with E-state index in [0.717, 1.165) is 43.4 Å². The molecule has 0 aromatic heterocycles. The first kappa shape index (κ1) is 13.7. The second-order valence-corrected chi connectivity index (χ2v) is 10.0. The van der Waals surface area contributed by atoms with Crippen LogP contribution in [0.3, 0.4) is 0 Å². The van der Waals surface area contributed by atoms with Crippen molar-refractivity contribution in [1.82, 2.24) is 0 Å². The Labute approximate surface area is 247 Å². The van der Waals surface area contributed by atoms with Gasteiger partial charge in [-0.25, -0.2) is 0 Å². The average Bonchev–Trinajstić information content (AvgIpc) is 3.14. The smallest absolute Gasteiger partial charge is 0.0622 e. The van der Waals surface area contributed by atoms with Crippen molar-refractivity contribution in [2.24, 2.45) is 0 Å². The molecule has 9 aromatic carbocycles. The third-order valence-electron chi connectivity index (χ3n) is 7.96. The van der Waals surface area contributed by atoms with E-state index in [0.29, 0.717) is 5.56 Å². The molecule has 0 heteroatoms. The van der Waals surface area contributed by atoms with Crippen LogP contribution >= 0.6 is 0 Å². The molecule has 0 heterocycles. The minimum atomic E-state index is -0.563. The summed E-state index contributed by atoms with van der Waals surface area (Å²) in [6.45, 7) is 0. The normalized spacial score (nSPS) is 15.8. The topological polar surface area (TPSA) is 0 Å². The molecule has 0 aliphatic heterocycles. The Kier molecular flexibility index (Phi) is 2.80. The second-order valence-electron chi connectivity index (χ2n) is 10.0. The molecule has 9 rings (SSSR count). The fraction of sp³-hybridized carbons (Fsp3) is 0. The number of fused-ring (bicyclic) bond motifs is 4. The zero-order chi connectivity index (χ0) is 35.8. The SMILES string of the molecule is [2H]c1c([2H])c([2H])c2c(-c3ccc4ccc5c(-c6ccccc6)ccc6ccc3c4c65)c3c(c([2H])c([2H])c4c([2H])c([2H])c([2H])c([2H])c43)c([2H])c2c1[2H]. The first-order chi connectivity index (χ1) is 24.4. The van der Waals surface area contributed by atoms with Crippen LogP contribution < -0.4 is 0 Å². The fourth-order valence-corrected chi connectivity index (χ4v) is 6.25. The molecule has 0 spiro atoms. The highest BCUT2D eigenvalue weighted by Crippen LogP contribution is 2.46. The van der Waals surface area contributed by atoms with Crippen LogP contribution in [0.1, 0.15) is 15.1 Å². The van der Waals surface area contributed by atoms with E-state index in [9.17, 15) is 2.74 Å². The van der Waals surface area contributed by atoms with Crippen LogP contribution in [0.15, 0.2) is 145 Å². The van der Waals surface area contributed by atoms with Gasteiger partial charge < -0.3 is 0 Å². The largest absolute Gasteiger partial charge is 0.0636 e. The molecule has 0 N–H and O–H groups in total. The summed E-state index contributed by atoms with van der Waals surface area (Å²) in [5.41, 5.74) is 2.81. The van der Waals surface area contributed by atoms with Gasteiger partial charge in [-0.2, -0.15) is 0 Å². The van der Waals surface area contributed by atoms with Crippen LogP contribution in [-0.4, -0.2) is 0 Å². The van der Waals surface area contributed by atoms with E-state index in [1.54, 1.807) is 0 Å². The molecule has 0 unspecified atom stereocenters. The zero-order valence-electron chi connectivity index (χ0n) is 32.0. The van der Waals surface area contributed by atoms with E-state index in [1.807, 2.05) is 48.5 Å². The van der Waals surface area contributed by atoms with Crippen LogP contribution in [0.25, 0.3) is 86.9 Å². The van der Waals surface area contributed by atoms with Gasteiger partial charge >= 0.3 is 0 Å². The average molecular weight is 516 g/mol. The quantitative estimate of drug-likeness (QED) is 0.159. The van der Waals surface area contributed by atoms with Crippen LogP contribution in [0.2, 0.25) is 0 Å². The Hall–Kier alpha value is -5.20. The fourth-order valence-electron chi connectivity index (χ4n) is 6.25. The van der Waals surface area contributed by atoms with Gasteiger partial charge in [0, 0.05) is 0 Å². The molecule has 0 amide bonds. The summed E-state index contributed by atoms with van der Waals surface area (Å²) in [5.74, 6) is 0. The van der Waals surface area contributed by atoms with E-state index >= 15 is 0 Å².